The summed E-state index contributed by atoms with van der Waals surface area (Å²) in [6, 6.07) is 15.4. The lowest BCUT2D eigenvalue weighted by Gasteiger charge is -2.23. The Morgan fingerprint density at radius 3 is 2.41 bits per heavy atom. The largest absolute Gasteiger partial charge is 0.351 e. The Kier molecular flexibility index (Phi) is 7.55. The van der Waals surface area contributed by atoms with Crippen LogP contribution in [0.25, 0.3) is 0 Å². The molecule has 5 heteroatoms. The van der Waals surface area contributed by atoms with E-state index in [1.807, 2.05) is 55.5 Å². The van der Waals surface area contributed by atoms with E-state index in [-0.39, 0.29) is 18.4 Å². The van der Waals surface area contributed by atoms with Gasteiger partial charge in [-0.25, -0.2) is 0 Å². The molecule has 0 saturated carbocycles. The first-order valence-electron chi connectivity index (χ1n) is 9.32. The van der Waals surface area contributed by atoms with Gasteiger partial charge in [-0.3, -0.25) is 14.5 Å². The van der Waals surface area contributed by atoms with Gasteiger partial charge < -0.3 is 10.6 Å². The van der Waals surface area contributed by atoms with Crippen LogP contribution >= 0.6 is 0 Å². The van der Waals surface area contributed by atoms with Crippen LogP contribution in [-0.2, 0) is 22.6 Å². The predicted octanol–water partition coefficient (Wildman–Crippen LogP) is 3.13. The molecule has 0 aliphatic rings. The Hall–Kier alpha value is -2.66. The van der Waals surface area contributed by atoms with E-state index in [1.54, 1.807) is 18.9 Å². The van der Waals surface area contributed by atoms with Crippen LogP contribution in [0.3, 0.4) is 0 Å². The molecule has 2 aromatic rings. The number of rotatable bonds is 8. The number of anilines is 1. The van der Waals surface area contributed by atoms with Crippen molar-refractivity contribution in [2.45, 2.75) is 39.8 Å². The van der Waals surface area contributed by atoms with E-state index >= 15 is 0 Å². The maximum Gasteiger partial charge on any atom is 0.238 e. The second-order valence-corrected chi connectivity index (χ2v) is 6.85. The van der Waals surface area contributed by atoms with Gasteiger partial charge in [0.2, 0.25) is 11.8 Å². The van der Waals surface area contributed by atoms with Gasteiger partial charge in [-0.1, -0.05) is 55.0 Å². The highest BCUT2D eigenvalue weighted by molar-refractivity contribution is 5.93. The lowest BCUT2D eigenvalue weighted by molar-refractivity contribution is -0.126. The summed E-state index contributed by atoms with van der Waals surface area (Å²) in [4.78, 5) is 26.5. The molecule has 2 amide bonds. The summed E-state index contributed by atoms with van der Waals surface area (Å²) in [5.41, 5.74) is 4.17. The molecule has 0 aliphatic carbocycles. The zero-order chi connectivity index (χ0) is 19.8. The minimum atomic E-state index is -0.400. The smallest absolute Gasteiger partial charge is 0.238 e. The fourth-order valence-electron chi connectivity index (χ4n) is 2.75. The third-order valence-electron chi connectivity index (χ3n) is 4.69. The molecule has 5 nitrogen and oxygen atoms in total. The van der Waals surface area contributed by atoms with Crippen molar-refractivity contribution in [1.82, 2.24) is 10.2 Å². The van der Waals surface area contributed by atoms with E-state index in [9.17, 15) is 9.59 Å². The molecule has 0 spiro atoms. The van der Waals surface area contributed by atoms with Crippen LogP contribution in [0, 0.1) is 6.92 Å². The summed E-state index contributed by atoms with van der Waals surface area (Å²) < 4.78 is 0. The molecule has 0 fully saturated rings. The molecular weight excluding hydrogens is 338 g/mol. The fourth-order valence-corrected chi connectivity index (χ4v) is 2.75. The van der Waals surface area contributed by atoms with Crippen LogP contribution in [0.5, 0.6) is 0 Å². The molecule has 2 aromatic carbocycles. The number of carbonyl (C=O) groups is 2. The van der Waals surface area contributed by atoms with Crippen LogP contribution in [-0.4, -0.2) is 36.3 Å². The van der Waals surface area contributed by atoms with Crippen LogP contribution < -0.4 is 10.6 Å². The van der Waals surface area contributed by atoms with E-state index in [0.717, 1.165) is 23.2 Å². The number of hydrogen-bond acceptors (Lipinski definition) is 3. The lowest BCUT2D eigenvalue weighted by atomic mass is 10.1. The predicted molar refractivity (Wildman–Crippen MR) is 110 cm³/mol. The van der Waals surface area contributed by atoms with Gasteiger partial charge in [-0.05, 0) is 44.5 Å². The molecule has 0 saturated heterocycles. The van der Waals surface area contributed by atoms with Crippen molar-refractivity contribution in [3.8, 4) is 0 Å². The van der Waals surface area contributed by atoms with E-state index in [0.29, 0.717) is 6.54 Å². The number of likely N-dealkylation sites (N-methyl/N-ethyl adjacent to an activating group) is 1. The van der Waals surface area contributed by atoms with Gasteiger partial charge in [-0.15, -0.1) is 0 Å². The normalized spacial score (nSPS) is 11.9. The Labute approximate surface area is 161 Å². The fraction of sp³-hybridized carbons (Fsp3) is 0.364. The molecule has 2 N–H and O–H groups in total. The lowest BCUT2D eigenvalue weighted by Crippen LogP contribution is -2.45. The molecular formula is C22H29N3O2. The highest BCUT2D eigenvalue weighted by Gasteiger charge is 2.20. The molecule has 0 aromatic heterocycles. The van der Waals surface area contributed by atoms with Gasteiger partial charge in [-0.2, -0.15) is 0 Å². The zero-order valence-corrected chi connectivity index (χ0v) is 16.6. The molecule has 0 heterocycles. The van der Waals surface area contributed by atoms with Crippen molar-refractivity contribution in [1.29, 1.82) is 0 Å². The minimum absolute atomic E-state index is 0.0974. The molecule has 27 heavy (non-hydrogen) atoms. The SMILES string of the molecule is CCc1ccccc1NC(=O)CN(C)C(C)C(=O)NCc1ccc(C)cc1. The maximum absolute atomic E-state index is 12.4. The molecule has 1 atom stereocenters. The molecule has 0 aliphatic heterocycles. The summed E-state index contributed by atoms with van der Waals surface area (Å²) in [6.07, 6.45) is 0.851. The minimum Gasteiger partial charge on any atom is -0.351 e. The summed E-state index contributed by atoms with van der Waals surface area (Å²) in [7, 11) is 1.78. The average molecular weight is 367 g/mol. The highest BCUT2D eigenvalue weighted by atomic mass is 16.2. The van der Waals surface area contributed by atoms with Crippen LogP contribution in [0.2, 0.25) is 0 Å². The first-order chi connectivity index (χ1) is 12.9. The van der Waals surface area contributed by atoms with Crippen molar-refractivity contribution >= 4 is 17.5 Å². The van der Waals surface area contributed by atoms with E-state index < -0.39 is 6.04 Å². The van der Waals surface area contributed by atoms with Crippen LogP contribution in [0.15, 0.2) is 48.5 Å². The summed E-state index contributed by atoms with van der Waals surface area (Å²) in [5, 5.41) is 5.86. The Bertz CT molecular complexity index is 771. The summed E-state index contributed by atoms with van der Waals surface area (Å²) >= 11 is 0. The first kappa shape index (κ1) is 20.6. The van der Waals surface area contributed by atoms with Crippen molar-refractivity contribution in [2.24, 2.45) is 0 Å². The summed E-state index contributed by atoms with van der Waals surface area (Å²) in [5.74, 6) is -0.226. The molecule has 2 rings (SSSR count). The number of amides is 2. The standard InChI is InChI=1S/C22H29N3O2/c1-5-19-8-6-7-9-20(19)24-21(26)15-25(4)17(3)22(27)23-14-18-12-10-16(2)11-13-18/h6-13,17H,5,14-15H2,1-4H3,(H,23,27)(H,24,26). The van der Waals surface area contributed by atoms with Crippen LogP contribution in [0.1, 0.15) is 30.5 Å². The van der Waals surface area contributed by atoms with Crippen molar-refractivity contribution < 1.29 is 9.59 Å². The molecule has 0 radical (unpaired) electrons. The molecule has 0 bridgehead atoms. The number of aryl methyl sites for hydroxylation is 2. The van der Waals surface area contributed by atoms with Crippen molar-refractivity contribution in [3.05, 3.63) is 65.2 Å². The first-order valence-corrected chi connectivity index (χ1v) is 9.32. The van der Waals surface area contributed by atoms with Gasteiger partial charge in [0, 0.05) is 12.2 Å². The van der Waals surface area contributed by atoms with E-state index in [2.05, 4.69) is 17.6 Å². The number of para-hydroxylation sites is 1. The highest BCUT2D eigenvalue weighted by Crippen LogP contribution is 2.15. The third kappa shape index (κ3) is 6.22. The van der Waals surface area contributed by atoms with E-state index in [1.165, 1.54) is 5.56 Å². The zero-order valence-electron chi connectivity index (χ0n) is 16.6. The summed E-state index contributed by atoms with van der Waals surface area (Å²) in [6.45, 7) is 6.52. The Morgan fingerprint density at radius 2 is 1.74 bits per heavy atom. The topological polar surface area (TPSA) is 61.4 Å². The van der Waals surface area contributed by atoms with Gasteiger partial charge >= 0.3 is 0 Å². The Morgan fingerprint density at radius 1 is 1.07 bits per heavy atom. The second kappa shape index (κ2) is 9.88. The van der Waals surface area contributed by atoms with Gasteiger partial charge in [0.1, 0.15) is 0 Å². The van der Waals surface area contributed by atoms with Gasteiger partial charge in [0.25, 0.3) is 0 Å². The number of nitrogens with one attached hydrogen (secondary N) is 2. The monoisotopic (exact) mass is 367 g/mol. The van der Waals surface area contributed by atoms with Crippen LogP contribution in [0.4, 0.5) is 5.69 Å². The van der Waals surface area contributed by atoms with Gasteiger partial charge in [0.05, 0.1) is 12.6 Å². The van der Waals surface area contributed by atoms with Crippen molar-refractivity contribution in [2.75, 3.05) is 18.9 Å². The number of carbonyl (C=O) groups excluding carboxylic acids is 2. The number of hydrogen-bond donors (Lipinski definition) is 2. The Balaban J connectivity index is 1.84. The van der Waals surface area contributed by atoms with Gasteiger partial charge in [0.15, 0.2) is 0 Å². The average Bonchev–Trinajstić information content (AvgIpc) is 2.67. The maximum atomic E-state index is 12.4. The third-order valence-corrected chi connectivity index (χ3v) is 4.69. The molecule has 144 valence electrons. The number of nitrogens with zero attached hydrogens (tertiary/aromatic N) is 1. The van der Waals surface area contributed by atoms with Crippen molar-refractivity contribution in [3.63, 3.8) is 0 Å². The van der Waals surface area contributed by atoms with E-state index in [4.69, 9.17) is 0 Å². The second-order valence-electron chi connectivity index (χ2n) is 6.85. The molecule has 1 unspecified atom stereocenters. The quantitative estimate of drug-likeness (QED) is 0.753. The number of benzene rings is 2.